The average Bonchev–Trinajstić information content (AvgIpc) is 2.20. The van der Waals surface area contributed by atoms with Gasteiger partial charge >= 0.3 is 5.63 Å². The van der Waals surface area contributed by atoms with Crippen LogP contribution in [0.15, 0.2) is 58.7 Å². The number of nitrogens with zero attached hydrogens (tertiary/aromatic N) is 2. The SMILES string of the molecule is O=c1ccncnccc[nH]cco1. The van der Waals surface area contributed by atoms with Crippen LogP contribution < -0.4 is 5.63 Å². The molecule has 0 atom stereocenters. The molecule has 0 aliphatic carbocycles. The van der Waals surface area contributed by atoms with Crippen molar-refractivity contribution in [2.45, 2.75) is 0 Å². The van der Waals surface area contributed by atoms with Crippen molar-refractivity contribution >= 4 is 0 Å². The summed E-state index contributed by atoms with van der Waals surface area (Å²) in [6.45, 7) is 0. The quantitative estimate of drug-likeness (QED) is 0.664. The summed E-state index contributed by atoms with van der Waals surface area (Å²) in [5.41, 5.74) is -0.493. The maximum absolute atomic E-state index is 10.9. The Kier molecular flexibility index (Phi) is 4.50. The second-order valence-electron chi connectivity index (χ2n) is 2.14. The lowest BCUT2D eigenvalue weighted by Crippen LogP contribution is -1.89. The molecule has 1 rings (SSSR count). The Labute approximate surface area is 80.1 Å². The van der Waals surface area contributed by atoms with Crippen molar-refractivity contribution in [2.24, 2.45) is 0 Å². The molecule has 0 aliphatic rings. The summed E-state index contributed by atoms with van der Waals surface area (Å²) in [5, 5.41) is 0. The lowest BCUT2D eigenvalue weighted by molar-refractivity contribution is 0.513. The van der Waals surface area contributed by atoms with E-state index in [1.807, 2.05) is 0 Å². The standard InChI is InChI=1S/C9H9N3O2/c13-9-2-5-12-8-11-4-1-3-10-6-7-14-9/h1-8,10H. The third-order valence-electron chi connectivity index (χ3n) is 1.14. The molecule has 0 unspecified atom stereocenters. The van der Waals surface area contributed by atoms with E-state index in [2.05, 4.69) is 19.4 Å². The monoisotopic (exact) mass is 191 g/mol. The normalized spacial score (nSPS) is 8.29. The van der Waals surface area contributed by atoms with Gasteiger partial charge in [-0.1, -0.05) is 0 Å². The summed E-state index contributed by atoms with van der Waals surface area (Å²) in [6, 6.07) is 2.88. The summed E-state index contributed by atoms with van der Waals surface area (Å²) in [7, 11) is 0. The van der Waals surface area contributed by atoms with Gasteiger partial charge in [-0.25, -0.2) is 14.8 Å². The van der Waals surface area contributed by atoms with Gasteiger partial charge < -0.3 is 9.40 Å². The smallest absolute Gasteiger partial charge is 0.337 e. The van der Waals surface area contributed by atoms with Crippen molar-refractivity contribution < 1.29 is 4.42 Å². The van der Waals surface area contributed by atoms with E-state index < -0.39 is 5.63 Å². The first kappa shape index (κ1) is 9.91. The van der Waals surface area contributed by atoms with Gasteiger partial charge in [0.1, 0.15) is 12.6 Å². The van der Waals surface area contributed by atoms with Crippen LogP contribution in [0, 0.1) is 0 Å². The van der Waals surface area contributed by atoms with E-state index in [-0.39, 0.29) is 0 Å². The number of rotatable bonds is 0. The van der Waals surface area contributed by atoms with Crippen LogP contribution in [-0.2, 0) is 0 Å². The van der Waals surface area contributed by atoms with Crippen LogP contribution in [0.3, 0.4) is 0 Å². The molecule has 1 N–H and O–H groups in total. The number of hydrogen-bond acceptors (Lipinski definition) is 4. The van der Waals surface area contributed by atoms with Crippen LogP contribution >= 0.6 is 0 Å². The zero-order valence-corrected chi connectivity index (χ0v) is 7.33. The Hall–Kier alpha value is -2.17. The number of aromatic nitrogens is 3. The van der Waals surface area contributed by atoms with Crippen molar-refractivity contribution in [3.8, 4) is 0 Å². The predicted molar refractivity (Wildman–Crippen MR) is 50.2 cm³/mol. The Balaban J connectivity index is 3.20. The van der Waals surface area contributed by atoms with Crippen molar-refractivity contribution in [2.75, 3.05) is 0 Å². The first-order valence-corrected chi connectivity index (χ1v) is 3.88. The van der Waals surface area contributed by atoms with Gasteiger partial charge in [0, 0.05) is 30.9 Å². The molecule has 0 aliphatic heterocycles. The first-order chi connectivity index (χ1) is 6.89. The lowest BCUT2D eigenvalue weighted by Gasteiger charge is -1.69. The second kappa shape index (κ2) is 6.36. The molecule has 0 spiro atoms. The molecule has 72 valence electrons. The van der Waals surface area contributed by atoms with Gasteiger partial charge in [0.05, 0.1) is 0 Å². The Morgan fingerprint density at radius 1 is 1.21 bits per heavy atom. The molecule has 0 saturated carbocycles. The second-order valence-corrected chi connectivity index (χ2v) is 2.14. The molecular formula is C9H9N3O2. The maximum atomic E-state index is 10.9. The fourth-order valence-electron chi connectivity index (χ4n) is 0.603. The van der Waals surface area contributed by atoms with Crippen LogP contribution in [-0.4, -0.2) is 15.0 Å². The molecule has 1 aromatic heterocycles. The van der Waals surface area contributed by atoms with E-state index in [4.69, 9.17) is 0 Å². The van der Waals surface area contributed by atoms with E-state index in [0.717, 1.165) is 0 Å². The molecule has 1 heterocycles. The summed E-state index contributed by atoms with van der Waals surface area (Å²) < 4.78 is 4.64. The van der Waals surface area contributed by atoms with E-state index >= 15 is 0 Å². The van der Waals surface area contributed by atoms with E-state index in [1.165, 1.54) is 31.1 Å². The molecule has 0 bridgehead atoms. The third kappa shape index (κ3) is 4.66. The van der Waals surface area contributed by atoms with Crippen LogP contribution in [0.4, 0.5) is 0 Å². The van der Waals surface area contributed by atoms with Crippen molar-refractivity contribution in [1.29, 1.82) is 0 Å². The topological polar surface area (TPSA) is 71.8 Å². The molecule has 5 nitrogen and oxygen atoms in total. The zero-order valence-electron chi connectivity index (χ0n) is 7.33. The molecule has 1 aromatic rings. The fraction of sp³-hybridized carbons (Fsp3) is 0. The van der Waals surface area contributed by atoms with Crippen molar-refractivity contribution in [3.63, 3.8) is 0 Å². The van der Waals surface area contributed by atoms with Gasteiger partial charge in [-0.05, 0) is 6.07 Å². The highest BCUT2D eigenvalue weighted by molar-refractivity contribution is 4.74. The van der Waals surface area contributed by atoms with E-state index in [0.29, 0.717) is 0 Å². The Bertz CT molecular complexity index is 385. The Morgan fingerprint density at radius 2 is 2.07 bits per heavy atom. The summed E-state index contributed by atoms with van der Waals surface area (Å²) >= 11 is 0. The number of hydrogen-bond donors (Lipinski definition) is 1. The minimum Gasteiger partial charge on any atom is -0.430 e. The van der Waals surface area contributed by atoms with Crippen molar-refractivity contribution in [3.05, 3.63) is 59.9 Å². The fourth-order valence-corrected chi connectivity index (χ4v) is 0.603. The minimum absolute atomic E-state index is 0.493. The molecule has 5 heteroatoms. The summed E-state index contributed by atoms with van der Waals surface area (Å²) in [6.07, 6.45) is 8.54. The lowest BCUT2D eigenvalue weighted by atomic mass is 10.7. The molecule has 0 amide bonds. The van der Waals surface area contributed by atoms with Gasteiger partial charge in [-0.15, -0.1) is 0 Å². The highest BCUT2D eigenvalue weighted by atomic mass is 16.4. The third-order valence-corrected chi connectivity index (χ3v) is 1.14. The van der Waals surface area contributed by atoms with Gasteiger partial charge in [-0.2, -0.15) is 0 Å². The summed E-state index contributed by atoms with van der Waals surface area (Å²) in [5.74, 6) is 0. The van der Waals surface area contributed by atoms with Crippen molar-refractivity contribution in [1.82, 2.24) is 15.0 Å². The zero-order chi connectivity index (χ0) is 10.1. The van der Waals surface area contributed by atoms with Gasteiger partial charge in [0.25, 0.3) is 0 Å². The summed E-state index contributed by atoms with van der Waals surface area (Å²) in [4.78, 5) is 21.1. The molecule has 14 heavy (non-hydrogen) atoms. The number of nitrogens with one attached hydrogen (secondary N) is 1. The highest BCUT2D eigenvalue weighted by Crippen LogP contribution is 1.67. The predicted octanol–water partition coefficient (Wildman–Crippen LogP) is 1.01. The molecule has 0 radical (unpaired) electrons. The molecule has 0 aromatic carbocycles. The van der Waals surface area contributed by atoms with Gasteiger partial charge in [-0.3, -0.25) is 0 Å². The van der Waals surface area contributed by atoms with Gasteiger partial charge in [0.2, 0.25) is 0 Å². The molecule has 0 fully saturated rings. The van der Waals surface area contributed by atoms with Gasteiger partial charge in [0.15, 0.2) is 0 Å². The van der Waals surface area contributed by atoms with Crippen LogP contribution in [0.25, 0.3) is 0 Å². The number of H-pyrrole nitrogens is 1. The Morgan fingerprint density at radius 3 is 3.00 bits per heavy atom. The van der Waals surface area contributed by atoms with Crippen LogP contribution in [0.1, 0.15) is 0 Å². The average molecular weight is 191 g/mol. The maximum Gasteiger partial charge on any atom is 0.337 e. The highest BCUT2D eigenvalue weighted by Gasteiger charge is 1.70. The molecule has 0 saturated heterocycles. The van der Waals surface area contributed by atoms with Crippen LogP contribution in [0.5, 0.6) is 0 Å². The first-order valence-electron chi connectivity index (χ1n) is 3.88. The number of aromatic amines is 1. The van der Waals surface area contributed by atoms with Crippen LogP contribution in [0.2, 0.25) is 0 Å². The minimum atomic E-state index is -0.493. The van der Waals surface area contributed by atoms with E-state index in [9.17, 15) is 4.79 Å². The largest absolute Gasteiger partial charge is 0.430 e. The van der Waals surface area contributed by atoms with E-state index in [1.54, 1.807) is 18.5 Å². The molecular weight excluding hydrogens is 182 g/mol.